The summed E-state index contributed by atoms with van der Waals surface area (Å²) in [4.78, 5) is 31.1. The molecular weight excluding hydrogens is 974 g/mol. The zero-order valence-corrected chi connectivity index (χ0v) is 47.1. The molecule has 6 nitrogen and oxygen atoms in total. The Kier molecular flexibility index (Phi) is 74.9. The molecule has 0 amide bonds. The van der Waals surface area contributed by atoms with Gasteiger partial charge < -0.3 is 15.3 Å². The van der Waals surface area contributed by atoms with E-state index >= 15 is 0 Å². The average molecular weight is 1090 g/mol. The summed E-state index contributed by atoms with van der Waals surface area (Å²) in [5, 5.41) is 25.6. The van der Waals surface area contributed by atoms with Crippen molar-refractivity contribution < 1.29 is 69.6 Å². The zero-order valence-electron chi connectivity index (χ0n) is 44.8. The molecule has 0 radical (unpaired) electrons. The minimum Gasteiger partial charge on any atom is -0.481 e. The van der Waals surface area contributed by atoms with Gasteiger partial charge in [0.05, 0.1) is 0 Å². The van der Waals surface area contributed by atoms with Gasteiger partial charge in [-0.15, -0.1) is 0 Å². The molecule has 0 saturated carbocycles. The van der Waals surface area contributed by atoms with Crippen molar-refractivity contribution >= 4 is 17.9 Å². The molecule has 67 heavy (non-hydrogen) atoms. The van der Waals surface area contributed by atoms with Crippen LogP contribution in [0.25, 0.3) is 0 Å². The van der Waals surface area contributed by atoms with Gasteiger partial charge >= 0.3 is 17.9 Å². The number of unbranched alkanes of at least 4 members (excludes halogenated alkanes) is 39. The SMILES string of the molecule is CCCCCCCCCC/C=C\CCCCCCCC(=O)O.CCCCCCCCCC/C=C\CCCCCCCC(=O)O.CCCCCCCCCC/C=C\CCCCCCCC(=O)O.[Gd]. The third-order valence-corrected chi connectivity index (χ3v) is 12.5. The number of hydrogen-bond acceptors (Lipinski definition) is 3. The molecule has 398 valence electrons. The predicted octanol–water partition coefficient (Wildman–Crippen LogP) is 20.7. The Labute approximate surface area is 449 Å². The summed E-state index contributed by atoms with van der Waals surface area (Å²) >= 11 is 0. The van der Waals surface area contributed by atoms with Crippen LogP contribution in [-0.2, 0) is 14.4 Å². The second-order valence-corrected chi connectivity index (χ2v) is 19.3. The molecule has 0 aliphatic rings. The smallest absolute Gasteiger partial charge is 0.303 e. The van der Waals surface area contributed by atoms with Crippen LogP contribution in [0.15, 0.2) is 36.5 Å². The van der Waals surface area contributed by atoms with Gasteiger partial charge in [0.2, 0.25) is 0 Å². The molecule has 7 heteroatoms. The average Bonchev–Trinajstić information content (AvgIpc) is 3.29. The van der Waals surface area contributed by atoms with E-state index in [1.165, 1.54) is 250 Å². The molecule has 0 saturated heterocycles. The summed E-state index contributed by atoms with van der Waals surface area (Å²) in [7, 11) is 0. The molecule has 0 spiro atoms. The molecule has 0 atom stereocenters. The first-order chi connectivity index (χ1) is 32.3. The second kappa shape index (κ2) is 69.2. The van der Waals surface area contributed by atoms with Gasteiger partial charge in [-0.1, -0.05) is 250 Å². The second-order valence-electron chi connectivity index (χ2n) is 19.3. The van der Waals surface area contributed by atoms with Crippen molar-refractivity contribution in [1.29, 1.82) is 0 Å². The van der Waals surface area contributed by atoms with Crippen molar-refractivity contribution in [2.75, 3.05) is 0 Å². The van der Waals surface area contributed by atoms with E-state index in [0.29, 0.717) is 19.3 Å². The van der Waals surface area contributed by atoms with Crippen LogP contribution in [0.1, 0.15) is 329 Å². The number of carbonyl (C=O) groups is 3. The van der Waals surface area contributed by atoms with Crippen LogP contribution in [0.2, 0.25) is 0 Å². The van der Waals surface area contributed by atoms with Crippen molar-refractivity contribution in [2.45, 2.75) is 329 Å². The Balaban J connectivity index is -0.000000441. The molecule has 0 heterocycles. The van der Waals surface area contributed by atoms with Crippen LogP contribution in [0.3, 0.4) is 0 Å². The fraction of sp³-hybridized carbons (Fsp3) is 0.850. The molecule has 3 N–H and O–H groups in total. The number of carboxylic acid groups (broad SMARTS) is 3. The third-order valence-electron chi connectivity index (χ3n) is 12.5. The Morgan fingerprint density at radius 1 is 0.239 bits per heavy atom. The Morgan fingerprint density at radius 3 is 0.522 bits per heavy atom. The van der Waals surface area contributed by atoms with E-state index in [0.717, 1.165) is 38.5 Å². The summed E-state index contributed by atoms with van der Waals surface area (Å²) in [6.07, 6.45) is 72.5. The maximum Gasteiger partial charge on any atom is 0.303 e. The first-order valence-corrected chi connectivity index (χ1v) is 28.9. The summed E-state index contributed by atoms with van der Waals surface area (Å²) in [6.45, 7) is 6.81. The molecule has 0 fully saturated rings. The summed E-state index contributed by atoms with van der Waals surface area (Å²) < 4.78 is 0. The molecule has 0 aliphatic carbocycles. The van der Waals surface area contributed by atoms with E-state index in [1.807, 2.05) is 0 Å². The summed E-state index contributed by atoms with van der Waals surface area (Å²) in [5.74, 6) is -1.99. The van der Waals surface area contributed by atoms with E-state index in [4.69, 9.17) is 15.3 Å². The molecule has 0 rings (SSSR count). The molecule has 0 aromatic rings. The number of allylic oxidation sites excluding steroid dienone is 6. The van der Waals surface area contributed by atoms with Crippen LogP contribution < -0.4 is 0 Å². The van der Waals surface area contributed by atoms with E-state index < -0.39 is 17.9 Å². The standard InChI is InChI=1S/3C20H38O2.Gd/c3*1-2-3-4-5-6-7-8-9-10-11-12-13-14-15-16-17-18-19-20(21)22;/h3*11-12H,2-10,13-19H2,1H3,(H,21,22);/b3*12-11-;. The van der Waals surface area contributed by atoms with Gasteiger partial charge in [0.25, 0.3) is 0 Å². The minimum absolute atomic E-state index is 0. The number of hydrogen-bond donors (Lipinski definition) is 3. The third kappa shape index (κ3) is 82.2. The Bertz CT molecular complexity index is 911. The molecule has 0 aromatic carbocycles. The summed E-state index contributed by atoms with van der Waals surface area (Å²) in [5.41, 5.74) is 0. The van der Waals surface area contributed by atoms with Crippen molar-refractivity contribution in [3.8, 4) is 0 Å². The Morgan fingerprint density at radius 2 is 0.373 bits per heavy atom. The zero-order chi connectivity index (χ0) is 48.9. The normalized spacial score (nSPS) is 11.1. The molecule has 0 bridgehead atoms. The van der Waals surface area contributed by atoms with Gasteiger partial charge in [0.15, 0.2) is 0 Å². The maximum absolute atomic E-state index is 10.4. The van der Waals surface area contributed by atoms with Crippen molar-refractivity contribution in [3.05, 3.63) is 36.5 Å². The van der Waals surface area contributed by atoms with Gasteiger partial charge in [-0.3, -0.25) is 14.4 Å². The molecule has 0 aromatic heterocycles. The van der Waals surface area contributed by atoms with Crippen LogP contribution in [0.4, 0.5) is 0 Å². The van der Waals surface area contributed by atoms with Crippen molar-refractivity contribution in [2.24, 2.45) is 0 Å². The maximum atomic E-state index is 10.4. The van der Waals surface area contributed by atoms with Gasteiger partial charge in [0.1, 0.15) is 0 Å². The minimum atomic E-state index is -0.663. The van der Waals surface area contributed by atoms with Crippen LogP contribution in [-0.4, -0.2) is 33.2 Å². The van der Waals surface area contributed by atoms with Gasteiger partial charge in [-0.05, 0) is 96.3 Å². The monoisotopic (exact) mass is 1090 g/mol. The molecular formula is C60H114GdO6. The first-order valence-electron chi connectivity index (χ1n) is 28.9. The van der Waals surface area contributed by atoms with Gasteiger partial charge in [-0.2, -0.15) is 0 Å². The number of aliphatic carboxylic acids is 3. The van der Waals surface area contributed by atoms with E-state index in [1.54, 1.807) is 0 Å². The van der Waals surface area contributed by atoms with Crippen LogP contribution in [0, 0.1) is 39.9 Å². The molecule has 0 unspecified atom stereocenters. The Hall–Kier alpha value is -1.05. The quantitative estimate of drug-likeness (QED) is 0.0413. The fourth-order valence-electron chi connectivity index (χ4n) is 8.10. The number of rotatable bonds is 51. The van der Waals surface area contributed by atoms with E-state index in [9.17, 15) is 14.4 Å². The van der Waals surface area contributed by atoms with E-state index in [2.05, 4.69) is 57.2 Å². The fourth-order valence-corrected chi connectivity index (χ4v) is 8.10. The molecule has 0 aliphatic heterocycles. The van der Waals surface area contributed by atoms with Crippen molar-refractivity contribution in [1.82, 2.24) is 0 Å². The first kappa shape index (κ1) is 72.5. The largest absolute Gasteiger partial charge is 0.481 e. The van der Waals surface area contributed by atoms with Gasteiger partial charge in [0, 0.05) is 59.2 Å². The van der Waals surface area contributed by atoms with Crippen molar-refractivity contribution in [3.63, 3.8) is 0 Å². The predicted molar refractivity (Wildman–Crippen MR) is 289 cm³/mol. The number of carboxylic acids is 3. The van der Waals surface area contributed by atoms with Crippen LogP contribution in [0.5, 0.6) is 0 Å². The van der Waals surface area contributed by atoms with Gasteiger partial charge in [-0.25, -0.2) is 0 Å². The van der Waals surface area contributed by atoms with Crippen LogP contribution >= 0.6 is 0 Å². The topological polar surface area (TPSA) is 112 Å². The van der Waals surface area contributed by atoms with E-state index in [-0.39, 0.29) is 39.9 Å². The summed E-state index contributed by atoms with van der Waals surface area (Å²) in [6, 6.07) is 0.